The second-order valence-corrected chi connectivity index (χ2v) is 5.79. The van der Waals surface area contributed by atoms with E-state index in [1.807, 2.05) is 37.1 Å². The van der Waals surface area contributed by atoms with Crippen molar-refractivity contribution in [3.63, 3.8) is 0 Å². The molecule has 1 saturated heterocycles. The molecule has 4 heteroatoms. The first-order chi connectivity index (χ1) is 10.1. The van der Waals surface area contributed by atoms with E-state index in [1.54, 1.807) is 7.11 Å². The molecule has 1 aromatic carbocycles. The highest BCUT2D eigenvalue weighted by atomic mass is 16.5. The topological polar surface area (TPSA) is 41.6 Å². The van der Waals surface area contributed by atoms with Gasteiger partial charge in [-0.2, -0.15) is 0 Å². The number of carbonyl (C=O) groups excluding carboxylic acids is 1. The van der Waals surface area contributed by atoms with Crippen LogP contribution in [0.1, 0.15) is 35.7 Å². The number of ether oxygens (including phenoxy) is 1. The lowest BCUT2D eigenvalue weighted by molar-refractivity contribution is 0.0631. The molecule has 0 radical (unpaired) electrons. The van der Waals surface area contributed by atoms with Gasteiger partial charge < -0.3 is 15.0 Å². The Hall–Kier alpha value is -1.55. The Morgan fingerprint density at radius 1 is 1.48 bits per heavy atom. The van der Waals surface area contributed by atoms with Crippen molar-refractivity contribution in [1.82, 2.24) is 10.2 Å². The number of amides is 1. The van der Waals surface area contributed by atoms with Gasteiger partial charge in [-0.05, 0) is 44.0 Å². The zero-order chi connectivity index (χ0) is 15.4. The van der Waals surface area contributed by atoms with Gasteiger partial charge in [-0.3, -0.25) is 4.79 Å². The van der Waals surface area contributed by atoms with Crippen molar-refractivity contribution in [3.05, 3.63) is 29.3 Å². The van der Waals surface area contributed by atoms with Gasteiger partial charge in [-0.1, -0.05) is 19.4 Å². The maximum Gasteiger partial charge on any atom is 0.253 e. The highest BCUT2D eigenvalue weighted by Gasteiger charge is 2.29. The van der Waals surface area contributed by atoms with Gasteiger partial charge in [-0.15, -0.1) is 0 Å². The number of nitrogens with one attached hydrogen (secondary N) is 1. The minimum absolute atomic E-state index is 0.112. The number of aryl methyl sites for hydroxylation is 1. The largest absolute Gasteiger partial charge is 0.496 e. The molecule has 2 unspecified atom stereocenters. The fourth-order valence-electron chi connectivity index (χ4n) is 3.15. The van der Waals surface area contributed by atoms with E-state index in [4.69, 9.17) is 4.74 Å². The Morgan fingerprint density at radius 3 is 2.86 bits per heavy atom. The summed E-state index contributed by atoms with van der Waals surface area (Å²) in [7, 11) is 3.65. The SMILES string of the molecule is CCC1CN(C(=O)c2ccc(C)c(OC)c2)CCC1NC. The van der Waals surface area contributed by atoms with Crippen LogP contribution in [0.4, 0.5) is 0 Å². The van der Waals surface area contributed by atoms with Crippen LogP contribution < -0.4 is 10.1 Å². The van der Waals surface area contributed by atoms with Gasteiger partial charge in [0.05, 0.1) is 7.11 Å². The number of nitrogens with zero attached hydrogens (tertiary/aromatic N) is 1. The van der Waals surface area contributed by atoms with Crippen molar-refractivity contribution in [1.29, 1.82) is 0 Å². The van der Waals surface area contributed by atoms with Crippen molar-refractivity contribution in [2.45, 2.75) is 32.7 Å². The Bertz CT molecular complexity index is 502. The number of rotatable bonds is 4. The Labute approximate surface area is 127 Å². The first-order valence-corrected chi connectivity index (χ1v) is 7.71. The van der Waals surface area contributed by atoms with E-state index in [2.05, 4.69) is 12.2 Å². The predicted molar refractivity (Wildman–Crippen MR) is 84.9 cm³/mol. The van der Waals surface area contributed by atoms with Gasteiger partial charge in [0, 0.05) is 24.7 Å². The molecule has 0 bridgehead atoms. The van der Waals surface area contributed by atoms with Gasteiger partial charge in [0.15, 0.2) is 0 Å². The molecule has 0 aliphatic carbocycles. The van der Waals surface area contributed by atoms with Crippen LogP contribution in [0.5, 0.6) is 5.75 Å². The predicted octanol–water partition coefficient (Wildman–Crippen LogP) is 2.46. The Morgan fingerprint density at radius 2 is 2.24 bits per heavy atom. The van der Waals surface area contributed by atoms with E-state index in [0.29, 0.717) is 12.0 Å². The molecule has 1 fully saturated rings. The second kappa shape index (κ2) is 6.94. The average Bonchev–Trinajstić information content (AvgIpc) is 2.53. The zero-order valence-electron chi connectivity index (χ0n) is 13.5. The molecule has 21 heavy (non-hydrogen) atoms. The highest BCUT2D eigenvalue weighted by molar-refractivity contribution is 5.94. The lowest BCUT2D eigenvalue weighted by Crippen LogP contribution is -2.50. The molecular formula is C17H26N2O2. The first-order valence-electron chi connectivity index (χ1n) is 7.71. The van der Waals surface area contributed by atoms with Crippen molar-refractivity contribution in [2.24, 2.45) is 5.92 Å². The summed E-state index contributed by atoms with van der Waals surface area (Å²) in [6, 6.07) is 6.21. The smallest absolute Gasteiger partial charge is 0.253 e. The molecule has 0 saturated carbocycles. The molecular weight excluding hydrogens is 264 g/mol. The highest BCUT2D eigenvalue weighted by Crippen LogP contribution is 2.24. The summed E-state index contributed by atoms with van der Waals surface area (Å²) >= 11 is 0. The van der Waals surface area contributed by atoms with Crippen LogP contribution >= 0.6 is 0 Å². The molecule has 116 valence electrons. The monoisotopic (exact) mass is 290 g/mol. The number of hydrogen-bond acceptors (Lipinski definition) is 3. The van der Waals surface area contributed by atoms with Crippen molar-refractivity contribution in [3.8, 4) is 5.75 Å². The molecule has 1 amide bonds. The first kappa shape index (κ1) is 15.8. The normalized spacial score (nSPS) is 22.2. The second-order valence-electron chi connectivity index (χ2n) is 5.79. The van der Waals surface area contributed by atoms with Crippen LogP contribution in [-0.4, -0.2) is 44.1 Å². The summed E-state index contributed by atoms with van der Waals surface area (Å²) in [5, 5.41) is 3.37. The summed E-state index contributed by atoms with van der Waals surface area (Å²) < 4.78 is 5.32. The van der Waals surface area contributed by atoms with E-state index >= 15 is 0 Å². The maximum absolute atomic E-state index is 12.7. The van der Waals surface area contributed by atoms with Crippen LogP contribution in [0.15, 0.2) is 18.2 Å². The number of likely N-dealkylation sites (tertiary alicyclic amines) is 1. The molecule has 0 aromatic heterocycles. The number of benzene rings is 1. The van der Waals surface area contributed by atoms with E-state index in [9.17, 15) is 4.79 Å². The molecule has 1 heterocycles. The third-order valence-electron chi connectivity index (χ3n) is 4.57. The lowest BCUT2D eigenvalue weighted by Gasteiger charge is -2.38. The maximum atomic E-state index is 12.7. The average molecular weight is 290 g/mol. The summed E-state index contributed by atoms with van der Waals surface area (Å²) in [5.41, 5.74) is 1.77. The minimum Gasteiger partial charge on any atom is -0.496 e. The molecule has 1 aliphatic heterocycles. The van der Waals surface area contributed by atoms with E-state index in [0.717, 1.165) is 42.8 Å². The Kier molecular flexibility index (Phi) is 5.23. The van der Waals surface area contributed by atoms with Crippen molar-refractivity contribution in [2.75, 3.05) is 27.2 Å². The van der Waals surface area contributed by atoms with Crippen LogP contribution in [0.2, 0.25) is 0 Å². The number of hydrogen-bond donors (Lipinski definition) is 1. The number of methoxy groups -OCH3 is 1. The van der Waals surface area contributed by atoms with Crippen molar-refractivity contribution >= 4 is 5.91 Å². The summed E-state index contributed by atoms with van der Waals surface area (Å²) in [4.78, 5) is 14.7. The van der Waals surface area contributed by atoms with Gasteiger partial charge in [-0.25, -0.2) is 0 Å². The van der Waals surface area contributed by atoms with Gasteiger partial charge in [0.2, 0.25) is 0 Å². The van der Waals surface area contributed by atoms with E-state index in [1.165, 1.54) is 0 Å². The molecule has 1 aromatic rings. The Balaban J connectivity index is 2.13. The van der Waals surface area contributed by atoms with Crippen molar-refractivity contribution < 1.29 is 9.53 Å². The van der Waals surface area contributed by atoms with Gasteiger partial charge in [0.1, 0.15) is 5.75 Å². The third-order valence-corrected chi connectivity index (χ3v) is 4.57. The fourth-order valence-corrected chi connectivity index (χ4v) is 3.15. The molecule has 1 N–H and O–H groups in total. The van der Waals surface area contributed by atoms with Crippen LogP contribution in [0.3, 0.4) is 0 Å². The van der Waals surface area contributed by atoms with Gasteiger partial charge in [0.25, 0.3) is 5.91 Å². The van der Waals surface area contributed by atoms with Crippen LogP contribution in [0, 0.1) is 12.8 Å². The lowest BCUT2D eigenvalue weighted by atomic mass is 9.89. The van der Waals surface area contributed by atoms with E-state index in [-0.39, 0.29) is 5.91 Å². The van der Waals surface area contributed by atoms with Crippen LogP contribution in [-0.2, 0) is 0 Å². The van der Waals surface area contributed by atoms with E-state index < -0.39 is 0 Å². The molecule has 2 atom stereocenters. The third kappa shape index (κ3) is 3.38. The standard InChI is InChI=1S/C17H26N2O2/c1-5-13-11-19(9-8-15(13)18-3)17(20)14-7-6-12(2)16(10-14)21-4/h6-7,10,13,15,18H,5,8-9,11H2,1-4H3. The number of carbonyl (C=O) groups is 1. The zero-order valence-corrected chi connectivity index (χ0v) is 13.5. The van der Waals surface area contributed by atoms with Gasteiger partial charge >= 0.3 is 0 Å². The summed E-state index contributed by atoms with van der Waals surface area (Å²) in [6.45, 7) is 5.82. The van der Waals surface area contributed by atoms with Crippen LogP contribution in [0.25, 0.3) is 0 Å². The number of piperidine rings is 1. The minimum atomic E-state index is 0.112. The quantitative estimate of drug-likeness (QED) is 0.926. The molecule has 0 spiro atoms. The summed E-state index contributed by atoms with van der Waals surface area (Å²) in [6.07, 6.45) is 2.11. The molecule has 4 nitrogen and oxygen atoms in total. The molecule has 2 rings (SSSR count). The fraction of sp³-hybridized carbons (Fsp3) is 0.588. The summed E-state index contributed by atoms with van der Waals surface area (Å²) in [5.74, 6) is 1.42. The molecule has 1 aliphatic rings.